The van der Waals surface area contributed by atoms with Gasteiger partial charge in [0.25, 0.3) is 5.91 Å². The van der Waals surface area contributed by atoms with E-state index in [0.29, 0.717) is 11.1 Å². The van der Waals surface area contributed by atoms with Crippen LogP contribution < -0.4 is 5.32 Å². The molecule has 128 valence electrons. The van der Waals surface area contributed by atoms with Crippen molar-refractivity contribution < 1.29 is 14.4 Å². The van der Waals surface area contributed by atoms with E-state index in [9.17, 15) is 14.4 Å². The van der Waals surface area contributed by atoms with Crippen molar-refractivity contribution in [2.75, 3.05) is 0 Å². The lowest BCUT2D eigenvalue weighted by atomic mass is 10.1. The van der Waals surface area contributed by atoms with Crippen LogP contribution in [0.15, 0.2) is 18.2 Å². The average Bonchev–Trinajstić information content (AvgIpc) is 3.34. The standard InChI is InChI=1S/C18H18N4O3/c1-9-10(2)20-14-7-11(3-6-13(14)19-9)18(25)22(12-4-5-12)15-8-16(23)21-17(15)24/h3,6-7,12,15H,4-5,8H2,1-2H3,(H,21,23,24). The van der Waals surface area contributed by atoms with Crippen LogP contribution in [0.2, 0.25) is 0 Å². The Bertz CT molecular complexity index is 920. The van der Waals surface area contributed by atoms with E-state index in [1.807, 2.05) is 13.8 Å². The summed E-state index contributed by atoms with van der Waals surface area (Å²) in [5.74, 6) is -0.958. The highest BCUT2D eigenvalue weighted by Crippen LogP contribution is 2.32. The van der Waals surface area contributed by atoms with Gasteiger partial charge in [0.1, 0.15) is 6.04 Å². The SMILES string of the molecule is Cc1nc2ccc(C(=O)N(C3CC3)C3CC(=O)NC3=O)cc2nc1C. The second-order valence-electron chi connectivity index (χ2n) is 6.67. The molecule has 3 amide bonds. The maximum Gasteiger partial charge on any atom is 0.254 e. The minimum atomic E-state index is -0.714. The molecule has 7 heteroatoms. The summed E-state index contributed by atoms with van der Waals surface area (Å²) in [4.78, 5) is 47.1. The van der Waals surface area contributed by atoms with Gasteiger partial charge in [0.15, 0.2) is 0 Å². The summed E-state index contributed by atoms with van der Waals surface area (Å²) in [5, 5.41) is 2.29. The summed E-state index contributed by atoms with van der Waals surface area (Å²) in [6.07, 6.45) is 1.75. The minimum Gasteiger partial charge on any atom is -0.323 e. The van der Waals surface area contributed by atoms with E-state index in [1.54, 1.807) is 23.1 Å². The Morgan fingerprint density at radius 2 is 1.80 bits per heavy atom. The van der Waals surface area contributed by atoms with Gasteiger partial charge >= 0.3 is 0 Å². The van der Waals surface area contributed by atoms with Gasteiger partial charge in [-0.1, -0.05) is 0 Å². The van der Waals surface area contributed by atoms with Crippen LogP contribution in [0.25, 0.3) is 11.0 Å². The average molecular weight is 338 g/mol. The van der Waals surface area contributed by atoms with Crippen LogP contribution >= 0.6 is 0 Å². The fourth-order valence-electron chi connectivity index (χ4n) is 3.19. The zero-order chi connectivity index (χ0) is 17.7. The lowest BCUT2D eigenvalue weighted by Crippen LogP contribution is -2.45. The summed E-state index contributed by atoms with van der Waals surface area (Å²) >= 11 is 0. The number of amides is 3. The van der Waals surface area contributed by atoms with E-state index in [1.165, 1.54) is 0 Å². The number of imide groups is 1. The fourth-order valence-corrected chi connectivity index (χ4v) is 3.19. The van der Waals surface area contributed by atoms with Crippen LogP contribution in [0, 0.1) is 13.8 Å². The smallest absolute Gasteiger partial charge is 0.254 e. The number of aromatic nitrogens is 2. The highest BCUT2D eigenvalue weighted by molar-refractivity contribution is 6.08. The third-order valence-electron chi connectivity index (χ3n) is 4.78. The fraction of sp³-hybridized carbons (Fsp3) is 0.389. The Kier molecular flexibility index (Phi) is 3.52. The highest BCUT2D eigenvalue weighted by atomic mass is 16.2. The molecule has 1 aliphatic carbocycles. The summed E-state index contributed by atoms with van der Waals surface area (Å²) in [6.45, 7) is 3.77. The van der Waals surface area contributed by atoms with Crippen molar-refractivity contribution >= 4 is 28.8 Å². The van der Waals surface area contributed by atoms with Gasteiger partial charge in [-0.15, -0.1) is 0 Å². The quantitative estimate of drug-likeness (QED) is 0.851. The second-order valence-corrected chi connectivity index (χ2v) is 6.67. The van der Waals surface area contributed by atoms with Crippen molar-refractivity contribution in [3.8, 4) is 0 Å². The van der Waals surface area contributed by atoms with E-state index in [4.69, 9.17) is 0 Å². The zero-order valence-corrected chi connectivity index (χ0v) is 14.1. The van der Waals surface area contributed by atoms with Gasteiger partial charge in [-0.05, 0) is 44.9 Å². The minimum absolute atomic E-state index is 0.0238. The van der Waals surface area contributed by atoms with Gasteiger partial charge in [-0.25, -0.2) is 9.97 Å². The molecule has 0 radical (unpaired) electrons. The molecule has 1 saturated carbocycles. The molecule has 7 nitrogen and oxygen atoms in total. The van der Waals surface area contributed by atoms with Crippen LogP contribution in [-0.2, 0) is 9.59 Å². The lowest BCUT2D eigenvalue weighted by molar-refractivity contribution is -0.126. The van der Waals surface area contributed by atoms with E-state index < -0.39 is 11.9 Å². The number of hydrogen-bond acceptors (Lipinski definition) is 5. The first kappa shape index (κ1) is 15.7. The van der Waals surface area contributed by atoms with Gasteiger partial charge in [-0.3, -0.25) is 19.7 Å². The van der Waals surface area contributed by atoms with E-state index in [2.05, 4.69) is 15.3 Å². The Labute approximate surface area is 144 Å². The van der Waals surface area contributed by atoms with E-state index >= 15 is 0 Å². The molecule has 1 unspecified atom stereocenters. The first-order valence-corrected chi connectivity index (χ1v) is 8.35. The van der Waals surface area contributed by atoms with Crippen LogP contribution in [0.3, 0.4) is 0 Å². The molecule has 1 aromatic heterocycles. The normalized spacial score (nSPS) is 20.0. The van der Waals surface area contributed by atoms with Crippen LogP contribution in [0.4, 0.5) is 0 Å². The summed E-state index contributed by atoms with van der Waals surface area (Å²) in [7, 11) is 0. The van der Waals surface area contributed by atoms with Crippen LogP contribution in [0.1, 0.15) is 41.0 Å². The first-order chi connectivity index (χ1) is 11.9. The molecular weight excluding hydrogens is 320 g/mol. The van der Waals surface area contributed by atoms with E-state index in [0.717, 1.165) is 29.7 Å². The van der Waals surface area contributed by atoms with Crippen LogP contribution in [-0.4, -0.2) is 44.7 Å². The number of nitrogens with one attached hydrogen (secondary N) is 1. The topological polar surface area (TPSA) is 92.3 Å². The second kappa shape index (κ2) is 5.61. The lowest BCUT2D eigenvalue weighted by Gasteiger charge is -2.26. The number of rotatable bonds is 3. The molecule has 2 fully saturated rings. The summed E-state index contributed by atoms with van der Waals surface area (Å²) in [5.41, 5.74) is 3.51. The van der Waals surface area contributed by atoms with Gasteiger partial charge in [0.05, 0.1) is 28.8 Å². The maximum absolute atomic E-state index is 13.0. The Balaban J connectivity index is 1.71. The molecule has 2 heterocycles. The monoisotopic (exact) mass is 338 g/mol. The van der Waals surface area contributed by atoms with Gasteiger partial charge in [-0.2, -0.15) is 0 Å². The molecule has 2 aliphatic rings. The van der Waals surface area contributed by atoms with Crippen molar-refractivity contribution in [1.82, 2.24) is 20.2 Å². The van der Waals surface area contributed by atoms with E-state index in [-0.39, 0.29) is 24.3 Å². The van der Waals surface area contributed by atoms with Crippen molar-refractivity contribution in [3.63, 3.8) is 0 Å². The molecule has 1 saturated heterocycles. The summed E-state index contributed by atoms with van der Waals surface area (Å²) in [6, 6.07) is 4.50. The van der Waals surface area contributed by atoms with Crippen LogP contribution in [0.5, 0.6) is 0 Å². The maximum atomic E-state index is 13.0. The first-order valence-electron chi connectivity index (χ1n) is 8.35. The number of aryl methyl sites for hydroxylation is 2. The van der Waals surface area contributed by atoms with Gasteiger partial charge < -0.3 is 4.90 Å². The highest BCUT2D eigenvalue weighted by Gasteiger charge is 2.44. The molecule has 1 aromatic carbocycles. The predicted octanol–water partition coefficient (Wildman–Crippen LogP) is 1.27. The molecule has 0 spiro atoms. The molecule has 4 rings (SSSR count). The Morgan fingerprint density at radius 3 is 2.40 bits per heavy atom. The summed E-state index contributed by atoms with van der Waals surface area (Å²) < 4.78 is 0. The molecule has 1 N–H and O–H groups in total. The molecule has 1 aliphatic heterocycles. The Hall–Kier alpha value is -2.83. The molecule has 25 heavy (non-hydrogen) atoms. The molecular formula is C18H18N4O3. The number of carbonyl (C=O) groups excluding carboxylic acids is 3. The molecule has 0 bridgehead atoms. The number of fused-ring (bicyclic) bond motifs is 1. The van der Waals surface area contributed by atoms with Crippen molar-refractivity contribution in [2.24, 2.45) is 0 Å². The molecule has 1 atom stereocenters. The number of hydrogen-bond donors (Lipinski definition) is 1. The number of benzene rings is 1. The third kappa shape index (κ3) is 2.75. The number of nitrogens with zero attached hydrogens (tertiary/aromatic N) is 3. The Morgan fingerprint density at radius 1 is 1.12 bits per heavy atom. The largest absolute Gasteiger partial charge is 0.323 e. The number of carbonyl (C=O) groups is 3. The molecule has 2 aromatic rings. The predicted molar refractivity (Wildman–Crippen MR) is 89.8 cm³/mol. The van der Waals surface area contributed by atoms with Crippen molar-refractivity contribution in [1.29, 1.82) is 0 Å². The van der Waals surface area contributed by atoms with Gasteiger partial charge in [0, 0.05) is 11.6 Å². The van der Waals surface area contributed by atoms with Crippen molar-refractivity contribution in [3.05, 3.63) is 35.2 Å². The van der Waals surface area contributed by atoms with Crippen molar-refractivity contribution in [2.45, 2.75) is 45.2 Å². The van der Waals surface area contributed by atoms with Gasteiger partial charge in [0.2, 0.25) is 11.8 Å². The third-order valence-corrected chi connectivity index (χ3v) is 4.78. The zero-order valence-electron chi connectivity index (χ0n) is 14.1.